The second-order valence-electron chi connectivity index (χ2n) is 6.71. The molecule has 0 atom stereocenters. The number of halogens is 1. The van der Waals surface area contributed by atoms with Gasteiger partial charge in [0, 0.05) is 6.20 Å². The normalized spacial score (nSPS) is 20.5. The number of carboxylic acids is 1. The molecule has 0 amide bonds. The van der Waals surface area contributed by atoms with Crippen molar-refractivity contribution in [1.82, 2.24) is 29.5 Å². The first kappa shape index (κ1) is 16.4. The number of hydrogen-bond acceptors (Lipinski definition) is 5. The van der Waals surface area contributed by atoms with Crippen LogP contribution >= 0.6 is 0 Å². The second kappa shape index (κ2) is 6.04. The second-order valence-corrected chi connectivity index (χ2v) is 6.71. The van der Waals surface area contributed by atoms with Gasteiger partial charge in [-0.15, -0.1) is 5.10 Å². The average molecular weight is 360 g/mol. The minimum atomic E-state index is -1.16. The molecule has 0 aromatic carbocycles. The maximum Gasteiger partial charge on any atom is 0.338 e. The van der Waals surface area contributed by atoms with Crippen molar-refractivity contribution < 1.29 is 14.3 Å². The molecule has 3 aromatic rings. The number of H-pyrrole nitrogens is 1. The average Bonchev–Trinajstić information content (AvgIpc) is 3.22. The van der Waals surface area contributed by atoms with Crippen molar-refractivity contribution in [3.8, 4) is 5.95 Å². The molecule has 26 heavy (non-hydrogen) atoms. The van der Waals surface area contributed by atoms with Gasteiger partial charge in [-0.25, -0.2) is 14.5 Å². The summed E-state index contributed by atoms with van der Waals surface area (Å²) in [5.74, 6) is -1.43. The Morgan fingerprint density at radius 1 is 1.35 bits per heavy atom. The number of nitrogens with zero attached hydrogens (tertiary/aromatic N) is 5. The van der Waals surface area contributed by atoms with Crippen LogP contribution in [0.5, 0.6) is 0 Å². The minimum Gasteiger partial charge on any atom is -0.478 e. The zero-order chi connectivity index (χ0) is 18.4. The van der Waals surface area contributed by atoms with Gasteiger partial charge in [-0.2, -0.15) is 9.49 Å². The Kier molecular flexibility index (Phi) is 3.82. The first-order valence-corrected chi connectivity index (χ1v) is 8.40. The number of aromatic carboxylic acids is 1. The van der Waals surface area contributed by atoms with Gasteiger partial charge < -0.3 is 5.11 Å². The van der Waals surface area contributed by atoms with Crippen LogP contribution in [0.2, 0.25) is 0 Å². The molecule has 0 unspecified atom stereocenters. The molecule has 1 fully saturated rings. The number of nitrogens with one attached hydrogen (secondary N) is 1. The number of carboxylic acid groups (broad SMARTS) is 1. The van der Waals surface area contributed by atoms with Gasteiger partial charge in [-0.3, -0.25) is 14.5 Å². The predicted octanol–water partition coefficient (Wildman–Crippen LogP) is 1.89. The fraction of sp³-hybridized carbons (Fsp3) is 0.438. The van der Waals surface area contributed by atoms with Crippen molar-refractivity contribution in [2.24, 2.45) is 5.92 Å². The van der Waals surface area contributed by atoms with Crippen molar-refractivity contribution in [3.63, 3.8) is 0 Å². The molecule has 3 heterocycles. The fourth-order valence-electron chi connectivity index (χ4n) is 3.41. The Bertz CT molecular complexity index is 1040. The Morgan fingerprint density at radius 2 is 2.08 bits per heavy atom. The molecule has 4 rings (SSSR count). The topological polar surface area (TPSA) is 119 Å². The molecular formula is C16H17FN6O3. The van der Waals surface area contributed by atoms with Crippen LogP contribution in [0.3, 0.4) is 0 Å². The highest BCUT2D eigenvalue weighted by Crippen LogP contribution is 2.33. The molecule has 1 saturated carbocycles. The molecule has 2 N–H and O–H groups in total. The third-order valence-electron chi connectivity index (χ3n) is 4.88. The lowest BCUT2D eigenvalue weighted by Gasteiger charge is -2.26. The molecule has 0 saturated heterocycles. The van der Waals surface area contributed by atoms with Crippen LogP contribution in [0.15, 0.2) is 17.2 Å². The zero-order valence-electron chi connectivity index (χ0n) is 14.0. The molecule has 136 valence electrons. The monoisotopic (exact) mass is 360 g/mol. The van der Waals surface area contributed by atoms with Gasteiger partial charge in [-0.05, 0) is 31.6 Å². The summed E-state index contributed by atoms with van der Waals surface area (Å²) in [6.45, 7) is 2.17. The number of aromatic nitrogens is 6. The summed E-state index contributed by atoms with van der Waals surface area (Å²) in [5.41, 5.74) is -0.654. The van der Waals surface area contributed by atoms with Gasteiger partial charge in [0.15, 0.2) is 11.0 Å². The van der Waals surface area contributed by atoms with Crippen molar-refractivity contribution in [2.45, 2.75) is 38.6 Å². The number of fused-ring (bicyclic) bond motifs is 1. The molecule has 0 spiro atoms. The van der Waals surface area contributed by atoms with E-state index in [2.05, 4.69) is 27.1 Å². The number of hydrogen-bond donors (Lipinski definition) is 2. The molecule has 0 bridgehead atoms. The standard InChI is InChI=1S/C16H17FN6O3/c1-8-2-4-10(5-3-8)23-12-11(13(17)21-23)19-16(20-14(12)24)22-7-9(6-18-22)15(25)26/h6-8,10H,2-5H2,1H3,(H,25,26)(H,19,20,24). The van der Waals surface area contributed by atoms with Gasteiger partial charge in [0.05, 0.1) is 17.8 Å². The summed E-state index contributed by atoms with van der Waals surface area (Å²) in [5, 5.41) is 16.7. The van der Waals surface area contributed by atoms with Gasteiger partial charge in [0.1, 0.15) is 0 Å². The molecular weight excluding hydrogens is 343 g/mol. The Balaban J connectivity index is 1.79. The number of aromatic amines is 1. The molecule has 9 nitrogen and oxygen atoms in total. The van der Waals surface area contributed by atoms with Crippen LogP contribution in [0.1, 0.15) is 49.0 Å². The highest BCUT2D eigenvalue weighted by Gasteiger charge is 2.26. The van der Waals surface area contributed by atoms with Gasteiger partial charge in [0.25, 0.3) is 11.5 Å². The van der Waals surface area contributed by atoms with E-state index in [1.165, 1.54) is 10.9 Å². The maximum atomic E-state index is 14.4. The fourth-order valence-corrected chi connectivity index (χ4v) is 3.41. The van der Waals surface area contributed by atoms with Gasteiger partial charge in [-0.1, -0.05) is 6.92 Å². The summed E-state index contributed by atoms with van der Waals surface area (Å²) >= 11 is 0. The van der Waals surface area contributed by atoms with Crippen LogP contribution in [0.25, 0.3) is 17.0 Å². The Hall–Kier alpha value is -3.04. The van der Waals surface area contributed by atoms with E-state index in [4.69, 9.17) is 5.11 Å². The van der Waals surface area contributed by atoms with Crippen molar-refractivity contribution in [3.05, 3.63) is 34.3 Å². The molecule has 0 aliphatic heterocycles. The van der Waals surface area contributed by atoms with E-state index in [0.29, 0.717) is 5.92 Å². The molecule has 10 heteroatoms. The summed E-state index contributed by atoms with van der Waals surface area (Å²) in [6.07, 6.45) is 5.98. The SMILES string of the molecule is CC1CCC(n2nc(F)c3nc(-n4cc(C(=O)O)cn4)[nH]c(=O)c32)CC1. The van der Waals surface area contributed by atoms with Crippen LogP contribution in [-0.2, 0) is 0 Å². The highest BCUT2D eigenvalue weighted by atomic mass is 19.1. The first-order valence-electron chi connectivity index (χ1n) is 8.40. The van der Waals surface area contributed by atoms with E-state index in [0.717, 1.165) is 36.6 Å². The van der Waals surface area contributed by atoms with Crippen LogP contribution < -0.4 is 5.56 Å². The molecule has 3 aromatic heterocycles. The molecule has 1 aliphatic rings. The smallest absolute Gasteiger partial charge is 0.338 e. The zero-order valence-corrected chi connectivity index (χ0v) is 14.0. The summed E-state index contributed by atoms with van der Waals surface area (Å²) in [6, 6.07) is -0.0322. The lowest BCUT2D eigenvalue weighted by molar-refractivity contribution is 0.0697. The number of rotatable bonds is 3. The summed E-state index contributed by atoms with van der Waals surface area (Å²) in [4.78, 5) is 30.2. The first-order chi connectivity index (χ1) is 12.4. The van der Waals surface area contributed by atoms with Gasteiger partial charge in [0.2, 0.25) is 5.95 Å². The van der Waals surface area contributed by atoms with E-state index in [9.17, 15) is 14.0 Å². The van der Waals surface area contributed by atoms with Crippen molar-refractivity contribution in [2.75, 3.05) is 0 Å². The Morgan fingerprint density at radius 3 is 2.73 bits per heavy atom. The molecule has 0 radical (unpaired) electrons. The third kappa shape index (κ3) is 2.67. The Labute approximate surface area is 146 Å². The summed E-state index contributed by atoms with van der Waals surface area (Å²) < 4.78 is 16.9. The van der Waals surface area contributed by atoms with Crippen molar-refractivity contribution >= 4 is 17.0 Å². The lowest BCUT2D eigenvalue weighted by Crippen LogP contribution is -2.22. The minimum absolute atomic E-state index is 0.0322. The van der Waals surface area contributed by atoms with E-state index >= 15 is 0 Å². The maximum absolute atomic E-state index is 14.4. The van der Waals surface area contributed by atoms with Gasteiger partial charge >= 0.3 is 5.97 Å². The predicted molar refractivity (Wildman–Crippen MR) is 88.9 cm³/mol. The quantitative estimate of drug-likeness (QED) is 0.736. The van der Waals surface area contributed by atoms with Crippen LogP contribution in [-0.4, -0.2) is 40.6 Å². The van der Waals surface area contributed by atoms with Crippen LogP contribution in [0, 0.1) is 11.9 Å². The van der Waals surface area contributed by atoms with E-state index in [-0.39, 0.29) is 28.6 Å². The number of carbonyl (C=O) groups is 1. The van der Waals surface area contributed by atoms with Crippen molar-refractivity contribution in [1.29, 1.82) is 0 Å². The highest BCUT2D eigenvalue weighted by molar-refractivity contribution is 5.87. The van der Waals surface area contributed by atoms with E-state index in [1.807, 2.05) is 0 Å². The van der Waals surface area contributed by atoms with E-state index < -0.39 is 17.5 Å². The van der Waals surface area contributed by atoms with Crippen LogP contribution in [0.4, 0.5) is 4.39 Å². The lowest BCUT2D eigenvalue weighted by atomic mass is 9.87. The third-order valence-corrected chi connectivity index (χ3v) is 4.88. The van der Waals surface area contributed by atoms with E-state index in [1.54, 1.807) is 0 Å². The molecule has 1 aliphatic carbocycles. The summed E-state index contributed by atoms with van der Waals surface area (Å²) in [7, 11) is 0. The largest absolute Gasteiger partial charge is 0.478 e.